The van der Waals surface area contributed by atoms with Crippen LogP contribution in [0, 0.1) is 6.92 Å². The first-order valence-electron chi connectivity index (χ1n) is 4.29. The van der Waals surface area contributed by atoms with Gasteiger partial charge >= 0.3 is 0 Å². The number of rotatable bonds is 3. The number of aryl methyl sites for hydroxylation is 3. The molecule has 0 spiro atoms. The van der Waals surface area contributed by atoms with E-state index in [0.717, 1.165) is 13.1 Å². The van der Waals surface area contributed by atoms with Crippen molar-refractivity contribution in [3.05, 3.63) is 36.7 Å². The normalized spacial score (nSPS) is 10.5. The summed E-state index contributed by atoms with van der Waals surface area (Å²) in [5.41, 5.74) is 1.20. The van der Waals surface area contributed by atoms with Crippen LogP contribution in [0.15, 0.2) is 31.1 Å². The number of aromatic nitrogens is 4. The molecule has 2 rings (SSSR count). The molecule has 0 atom stereocenters. The molecule has 0 fully saturated rings. The fourth-order valence-corrected chi connectivity index (χ4v) is 1.23. The summed E-state index contributed by atoms with van der Waals surface area (Å²) in [5, 5.41) is 4.20. The standard InChI is InChI=1S/C9H12N4/c1-9-6-11-13(7-9)5-4-12-3-2-10-8-12/h2-3,6-8H,4-5H2,1H3. The van der Waals surface area contributed by atoms with E-state index in [0.29, 0.717) is 0 Å². The molecular formula is C9H12N4. The third-order valence-electron chi connectivity index (χ3n) is 1.91. The zero-order chi connectivity index (χ0) is 9.10. The van der Waals surface area contributed by atoms with Gasteiger partial charge in [-0.05, 0) is 12.5 Å². The zero-order valence-electron chi connectivity index (χ0n) is 7.59. The van der Waals surface area contributed by atoms with E-state index in [1.54, 1.807) is 6.20 Å². The summed E-state index contributed by atoms with van der Waals surface area (Å²) in [6.07, 6.45) is 9.46. The van der Waals surface area contributed by atoms with Gasteiger partial charge in [-0.1, -0.05) is 0 Å². The molecule has 0 radical (unpaired) electrons. The Balaban J connectivity index is 1.93. The van der Waals surface area contributed by atoms with Gasteiger partial charge in [-0.25, -0.2) is 4.98 Å². The lowest BCUT2D eigenvalue weighted by molar-refractivity contribution is 0.533. The molecule has 2 aromatic heterocycles. The van der Waals surface area contributed by atoms with Crippen LogP contribution in [0.3, 0.4) is 0 Å². The monoisotopic (exact) mass is 176 g/mol. The van der Waals surface area contributed by atoms with E-state index in [9.17, 15) is 0 Å². The van der Waals surface area contributed by atoms with Gasteiger partial charge in [0.1, 0.15) is 0 Å². The number of nitrogens with zero attached hydrogens (tertiary/aromatic N) is 4. The van der Waals surface area contributed by atoms with Crippen LogP contribution in [0.1, 0.15) is 5.56 Å². The number of hydrogen-bond donors (Lipinski definition) is 0. The fourth-order valence-electron chi connectivity index (χ4n) is 1.23. The lowest BCUT2D eigenvalue weighted by atomic mass is 10.4. The Morgan fingerprint density at radius 1 is 1.38 bits per heavy atom. The summed E-state index contributed by atoms with van der Waals surface area (Å²) in [4.78, 5) is 3.97. The number of imidazole rings is 1. The van der Waals surface area contributed by atoms with E-state index in [2.05, 4.69) is 10.1 Å². The molecule has 0 aliphatic heterocycles. The van der Waals surface area contributed by atoms with Gasteiger partial charge in [-0.15, -0.1) is 0 Å². The van der Waals surface area contributed by atoms with Crippen molar-refractivity contribution in [2.24, 2.45) is 0 Å². The molecule has 0 bridgehead atoms. The predicted octanol–water partition coefficient (Wildman–Crippen LogP) is 1.09. The minimum absolute atomic E-state index is 0.893. The van der Waals surface area contributed by atoms with Gasteiger partial charge in [0.15, 0.2) is 0 Å². The van der Waals surface area contributed by atoms with Crippen LogP contribution in [0.2, 0.25) is 0 Å². The summed E-state index contributed by atoms with van der Waals surface area (Å²) in [6.45, 7) is 3.85. The predicted molar refractivity (Wildman–Crippen MR) is 49.2 cm³/mol. The van der Waals surface area contributed by atoms with Crippen LogP contribution in [0.4, 0.5) is 0 Å². The van der Waals surface area contributed by atoms with Gasteiger partial charge < -0.3 is 4.57 Å². The smallest absolute Gasteiger partial charge is 0.0946 e. The molecule has 0 saturated heterocycles. The Bertz CT molecular complexity index is 361. The first-order chi connectivity index (χ1) is 6.34. The lowest BCUT2D eigenvalue weighted by Crippen LogP contribution is -2.05. The first kappa shape index (κ1) is 8.04. The summed E-state index contributed by atoms with van der Waals surface area (Å²) < 4.78 is 3.98. The van der Waals surface area contributed by atoms with Gasteiger partial charge in [0, 0.05) is 25.1 Å². The fraction of sp³-hybridized carbons (Fsp3) is 0.333. The quantitative estimate of drug-likeness (QED) is 0.701. The first-order valence-corrected chi connectivity index (χ1v) is 4.29. The van der Waals surface area contributed by atoms with Crippen LogP contribution >= 0.6 is 0 Å². The average molecular weight is 176 g/mol. The molecule has 2 heterocycles. The van der Waals surface area contributed by atoms with Crippen molar-refractivity contribution < 1.29 is 0 Å². The maximum atomic E-state index is 4.20. The molecule has 0 aromatic carbocycles. The highest BCUT2D eigenvalue weighted by Crippen LogP contribution is 1.95. The van der Waals surface area contributed by atoms with E-state index in [4.69, 9.17) is 0 Å². The van der Waals surface area contributed by atoms with Crippen molar-refractivity contribution in [3.63, 3.8) is 0 Å². The van der Waals surface area contributed by atoms with Crippen molar-refractivity contribution in [3.8, 4) is 0 Å². The van der Waals surface area contributed by atoms with Crippen molar-refractivity contribution in [2.45, 2.75) is 20.0 Å². The van der Waals surface area contributed by atoms with Crippen LogP contribution in [-0.2, 0) is 13.1 Å². The van der Waals surface area contributed by atoms with E-state index in [-0.39, 0.29) is 0 Å². The highest BCUT2D eigenvalue weighted by molar-refractivity contribution is 4.99. The van der Waals surface area contributed by atoms with Crippen LogP contribution in [0.25, 0.3) is 0 Å². The van der Waals surface area contributed by atoms with E-state index in [1.807, 2.05) is 41.1 Å². The van der Waals surface area contributed by atoms with Crippen molar-refractivity contribution in [1.29, 1.82) is 0 Å². The minimum atomic E-state index is 0.893. The Morgan fingerprint density at radius 2 is 2.31 bits per heavy atom. The van der Waals surface area contributed by atoms with Crippen LogP contribution in [-0.4, -0.2) is 19.3 Å². The Hall–Kier alpha value is -1.58. The SMILES string of the molecule is Cc1cnn(CCn2ccnc2)c1. The second kappa shape index (κ2) is 3.43. The molecule has 0 unspecified atom stereocenters. The van der Waals surface area contributed by atoms with Gasteiger partial charge in [0.2, 0.25) is 0 Å². The lowest BCUT2D eigenvalue weighted by Gasteiger charge is -2.01. The summed E-state index contributed by atoms with van der Waals surface area (Å²) in [5.74, 6) is 0. The molecule has 2 aromatic rings. The Morgan fingerprint density at radius 3 is 2.92 bits per heavy atom. The van der Waals surface area contributed by atoms with Gasteiger partial charge in [-0.2, -0.15) is 5.10 Å². The van der Waals surface area contributed by atoms with Crippen LogP contribution < -0.4 is 0 Å². The largest absolute Gasteiger partial charge is 0.336 e. The van der Waals surface area contributed by atoms with Crippen molar-refractivity contribution >= 4 is 0 Å². The van der Waals surface area contributed by atoms with E-state index in [1.165, 1.54) is 5.56 Å². The summed E-state index contributed by atoms with van der Waals surface area (Å²) >= 11 is 0. The highest BCUT2D eigenvalue weighted by Gasteiger charge is 1.94. The van der Waals surface area contributed by atoms with Gasteiger partial charge in [0.25, 0.3) is 0 Å². The second-order valence-corrected chi connectivity index (χ2v) is 3.08. The maximum Gasteiger partial charge on any atom is 0.0946 e. The van der Waals surface area contributed by atoms with E-state index >= 15 is 0 Å². The molecule has 68 valence electrons. The molecule has 0 N–H and O–H groups in total. The van der Waals surface area contributed by atoms with Gasteiger partial charge in [0.05, 0.1) is 19.1 Å². The van der Waals surface area contributed by atoms with Gasteiger partial charge in [-0.3, -0.25) is 4.68 Å². The summed E-state index contributed by atoms with van der Waals surface area (Å²) in [7, 11) is 0. The molecule has 0 amide bonds. The third-order valence-corrected chi connectivity index (χ3v) is 1.91. The molecule has 0 saturated carbocycles. The molecule has 0 aliphatic carbocycles. The molecule has 4 nitrogen and oxygen atoms in total. The topological polar surface area (TPSA) is 35.6 Å². The maximum absolute atomic E-state index is 4.20. The minimum Gasteiger partial charge on any atom is -0.336 e. The third kappa shape index (κ3) is 1.96. The second-order valence-electron chi connectivity index (χ2n) is 3.08. The average Bonchev–Trinajstić information content (AvgIpc) is 2.71. The molecular weight excluding hydrogens is 164 g/mol. The Kier molecular flexibility index (Phi) is 2.12. The van der Waals surface area contributed by atoms with E-state index < -0.39 is 0 Å². The number of hydrogen-bond acceptors (Lipinski definition) is 2. The molecule has 13 heavy (non-hydrogen) atoms. The Labute approximate surface area is 76.8 Å². The van der Waals surface area contributed by atoms with Crippen molar-refractivity contribution in [1.82, 2.24) is 19.3 Å². The van der Waals surface area contributed by atoms with Crippen molar-refractivity contribution in [2.75, 3.05) is 0 Å². The van der Waals surface area contributed by atoms with Crippen LogP contribution in [0.5, 0.6) is 0 Å². The molecule has 4 heteroatoms. The molecule has 0 aliphatic rings. The zero-order valence-corrected chi connectivity index (χ0v) is 7.59. The highest BCUT2D eigenvalue weighted by atomic mass is 15.3. The summed E-state index contributed by atoms with van der Waals surface area (Å²) in [6, 6.07) is 0.